The van der Waals surface area contributed by atoms with Crippen LogP contribution in [0.25, 0.3) is 0 Å². The van der Waals surface area contributed by atoms with Crippen molar-refractivity contribution < 1.29 is 0 Å². The standard InChI is InChI=1S/C12H24N4/c1-4-5-6-7-8-11(13-2)9-12-14-10-15-16(12)3/h10-11,13H,4-9H2,1-3H3. The summed E-state index contributed by atoms with van der Waals surface area (Å²) in [7, 11) is 3.98. The van der Waals surface area contributed by atoms with Gasteiger partial charge in [0, 0.05) is 19.5 Å². The molecule has 0 aliphatic rings. The third-order valence-corrected chi connectivity index (χ3v) is 3.05. The lowest BCUT2D eigenvalue weighted by Gasteiger charge is -2.15. The molecule has 4 nitrogen and oxygen atoms in total. The van der Waals surface area contributed by atoms with Crippen molar-refractivity contribution in [2.24, 2.45) is 7.05 Å². The quantitative estimate of drug-likeness (QED) is 0.686. The van der Waals surface area contributed by atoms with Crippen LogP contribution in [-0.2, 0) is 13.5 Å². The molecule has 1 heterocycles. The van der Waals surface area contributed by atoms with E-state index in [-0.39, 0.29) is 0 Å². The van der Waals surface area contributed by atoms with Crippen molar-refractivity contribution in [1.82, 2.24) is 20.1 Å². The maximum absolute atomic E-state index is 4.26. The number of aromatic nitrogens is 3. The van der Waals surface area contributed by atoms with Crippen molar-refractivity contribution in [3.8, 4) is 0 Å². The van der Waals surface area contributed by atoms with Crippen molar-refractivity contribution in [2.75, 3.05) is 7.05 Å². The number of nitrogens with one attached hydrogen (secondary N) is 1. The summed E-state index contributed by atoms with van der Waals surface area (Å²) in [5, 5.41) is 7.45. The molecule has 0 aliphatic carbocycles. The maximum Gasteiger partial charge on any atom is 0.138 e. The molecule has 92 valence electrons. The second-order valence-electron chi connectivity index (χ2n) is 4.34. The SMILES string of the molecule is CCCCCCC(Cc1ncnn1C)NC. The molecule has 1 aromatic heterocycles. The van der Waals surface area contributed by atoms with Gasteiger partial charge in [0.15, 0.2) is 0 Å². The number of nitrogens with zero attached hydrogens (tertiary/aromatic N) is 3. The molecule has 0 saturated heterocycles. The van der Waals surface area contributed by atoms with Crippen LogP contribution >= 0.6 is 0 Å². The van der Waals surface area contributed by atoms with E-state index < -0.39 is 0 Å². The van der Waals surface area contributed by atoms with E-state index in [4.69, 9.17) is 0 Å². The summed E-state index contributed by atoms with van der Waals surface area (Å²) in [5.74, 6) is 1.06. The second-order valence-corrected chi connectivity index (χ2v) is 4.34. The fraction of sp³-hybridized carbons (Fsp3) is 0.833. The predicted molar refractivity (Wildman–Crippen MR) is 66.3 cm³/mol. The summed E-state index contributed by atoms with van der Waals surface area (Å²) in [6.45, 7) is 2.25. The molecule has 16 heavy (non-hydrogen) atoms. The Balaban J connectivity index is 2.29. The maximum atomic E-state index is 4.26. The van der Waals surface area contributed by atoms with E-state index in [2.05, 4.69) is 22.3 Å². The van der Waals surface area contributed by atoms with Gasteiger partial charge < -0.3 is 5.32 Å². The number of hydrogen-bond acceptors (Lipinski definition) is 3. The van der Waals surface area contributed by atoms with Crippen LogP contribution < -0.4 is 5.32 Å². The van der Waals surface area contributed by atoms with E-state index in [1.807, 2.05) is 18.8 Å². The Morgan fingerprint density at radius 1 is 1.38 bits per heavy atom. The summed E-state index contributed by atoms with van der Waals surface area (Å²) in [5.41, 5.74) is 0. The summed E-state index contributed by atoms with van der Waals surface area (Å²) >= 11 is 0. The molecule has 0 amide bonds. The highest BCUT2D eigenvalue weighted by Gasteiger charge is 2.10. The zero-order valence-corrected chi connectivity index (χ0v) is 10.7. The number of likely N-dealkylation sites (N-methyl/N-ethyl adjacent to an activating group) is 1. The van der Waals surface area contributed by atoms with Crippen molar-refractivity contribution >= 4 is 0 Å². The zero-order valence-electron chi connectivity index (χ0n) is 10.7. The molecular weight excluding hydrogens is 200 g/mol. The Kier molecular flexibility index (Phi) is 6.08. The Hall–Kier alpha value is -0.900. The van der Waals surface area contributed by atoms with E-state index >= 15 is 0 Å². The molecule has 0 aromatic carbocycles. The zero-order chi connectivity index (χ0) is 11.8. The van der Waals surface area contributed by atoms with Crippen molar-refractivity contribution in [1.29, 1.82) is 0 Å². The predicted octanol–water partition coefficient (Wildman–Crippen LogP) is 1.92. The van der Waals surface area contributed by atoms with Crippen molar-refractivity contribution in [2.45, 2.75) is 51.5 Å². The van der Waals surface area contributed by atoms with Gasteiger partial charge in [-0.25, -0.2) is 4.98 Å². The van der Waals surface area contributed by atoms with E-state index in [1.165, 1.54) is 32.1 Å². The molecule has 0 saturated carbocycles. The number of rotatable bonds is 8. The van der Waals surface area contributed by atoms with Crippen LogP contribution in [0.2, 0.25) is 0 Å². The fourth-order valence-electron chi connectivity index (χ4n) is 1.89. The molecule has 1 N–H and O–H groups in total. The van der Waals surface area contributed by atoms with E-state index in [1.54, 1.807) is 6.33 Å². The summed E-state index contributed by atoms with van der Waals surface area (Å²) in [6.07, 6.45) is 9.11. The fourth-order valence-corrected chi connectivity index (χ4v) is 1.89. The van der Waals surface area contributed by atoms with E-state index in [9.17, 15) is 0 Å². The lowest BCUT2D eigenvalue weighted by Crippen LogP contribution is -2.28. The molecule has 0 fully saturated rings. The monoisotopic (exact) mass is 224 g/mol. The largest absolute Gasteiger partial charge is 0.317 e. The topological polar surface area (TPSA) is 42.7 Å². The average Bonchev–Trinajstić information content (AvgIpc) is 2.68. The number of hydrogen-bond donors (Lipinski definition) is 1. The lowest BCUT2D eigenvalue weighted by molar-refractivity contribution is 0.469. The second kappa shape index (κ2) is 7.39. The van der Waals surface area contributed by atoms with Crippen LogP contribution in [0.1, 0.15) is 44.9 Å². The summed E-state index contributed by atoms with van der Waals surface area (Å²) in [6, 6.07) is 0.528. The third kappa shape index (κ3) is 4.31. The van der Waals surface area contributed by atoms with Gasteiger partial charge in [0.05, 0.1) is 0 Å². The molecule has 1 atom stereocenters. The minimum atomic E-state index is 0.528. The Labute approximate surface area is 98.5 Å². The van der Waals surface area contributed by atoms with Gasteiger partial charge in [-0.15, -0.1) is 0 Å². The van der Waals surface area contributed by atoms with Crippen molar-refractivity contribution in [3.05, 3.63) is 12.2 Å². The highest BCUT2D eigenvalue weighted by Crippen LogP contribution is 2.08. The van der Waals surface area contributed by atoms with Crippen LogP contribution in [-0.4, -0.2) is 27.9 Å². The molecular formula is C12H24N4. The summed E-state index contributed by atoms with van der Waals surface area (Å²) in [4.78, 5) is 4.26. The highest BCUT2D eigenvalue weighted by atomic mass is 15.3. The Bertz CT molecular complexity index is 282. The molecule has 1 unspecified atom stereocenters. The lowest BCUT2D eigenvalue weighted by atomic mass is 10.0. The van der Waals surface area contributed by atoms with Crippen molar-refractivity contribution in [3.63, 3.8) is 0 Å². The third-order valence-electron chi connectivity index (χ3n) is 3.05. The van der Waals surface area contributed by atoms with E-state index in [0.29, 0.717) is 6.04 Å². The smallest absolute Gasteiger partial charge is 0.138 e. The Morgan fingerprint density at radius 3 is 2.75 bits per heavy atom. The first-order chi connectivity index (χ1) is 7.77. The van der Waals surface area contributed by atoms with Gasteiger partial charge in [0.25, 0.3) is 0 Å². The van der Waals surface area contributed by atoms with Gasteiger partial charge in [-0.05, 0) is 13.5 Å². The molecule has 1 rings (SSSR count). The molecule has 0 aliphatic heterocycles. The summed E-state index contributed by atoms with van der Waals surface area (Å²) < 4.78 is 1.86. The van der Waals surface area contributed by atoms with E-state index in [0.717, 1.165) is 12.2 Å². The Morgan fingerprint density at radius 2 is 2.19 bits per heavy atom. The molecule has 0 radical (unpaired) electrons. The first-order valence-corrected chi connectivity index (χ1v) is 6.28. The number of aryl methyl sites for hydroxylation is 1. The first kappa shape index (κ1) is 13.2. The van der Waals surface area contributed by atoms with Gasteiger partial charge in [-0.3, -0.25) is 4.68 Å². The van der Waals surface area contributed by atoms with Crippen LogP contribution in [0.15, 0.2) is 6.33 Å². The van der Waals surface area contributed by atoms with Gasteiger partial charge in [-0.2, -0.15) is 5.10 Å². The van der Waals surface area contributed by atoms with Gasteiger partial charge >= 0.3 is 0 Å². The molecule has 1 aromatic rings. The molecule has 0 spiro atoms. The first-order valence-electron chi connectivity index (χ1n) is 6.28. The molecule has 0 bridgehead atoms. The van der Waals surface area contributed by atoms with Crippen LogP contribution in [0.3, 0.4) is 0 Å². The van der Waals surface area contributed by atoms with Crippen LogP contribution in [0.5, 0.6) is 0 Å². The van der Waals surface area contributed by atoms with Gasteiger partial charge in [0.1, 0.15) is 12.2 Å². The normalized spacial score (nSPS) is 12.9. The van der Waals surface area contributed by atoms with Crippen LogP contribution in [0, 0.1) is 0 Å². The minimum absolute atomic E-state index is 0.528. The molecule has 4 heteroatoms. The average molecular weight is 224 g/mol. The minimum Gasteiger partial charge on any atom is -0.317 e. The number of unbranched alkanes of at least 4 members (excludes halogenated alkanes) is 3. The highest BCUT2D eigenvalue weighted by molar-refractivity contribution is 4.88. The van der Waals surface area contributed by atoms with Gasteiger partial charge in [0.2, 0.25) is 0 Å². The van der Waals surface area contributed by atoms with Gasteiger partial charge in [-0.1, -0.05) is 32.6 Å². The van der Waals surface area contributed by atoms with Crippen LogP contribution in [0.4, 0.5) is 0 Å².